The van der Waals surface area contributed by atoms with Gasteiger partial charge in [-0.3, -0.25) is 4.79 Å². The van der Waals surface area contributed by atoms with Crippen molar-refractivity contribution in [1.82, 2.24) is 5.32 Å². The lowest BCUT2D eigenvalue weighted by Crippen LogP contribution is -2.48. The minimum Gasteiger partial charge on any atom is -0.507 e. The fourth-order valence-corrected chi connectivity index (χ4v) is 6.89. The van der Waals surface area contributed by atoms with Crippen molar-refractivity contribution in [2.75, 3.05) is 6.54 Å². The molecule has 1 heterocycles. The van der Waals surface area contributed by atoms with Gasteiger partial charge >= 0.3 is 12.4 Å². The fraction of sp³-hybridized carbons (Fsp3) is 0.200. The zero-order chi connectivity index (χ0) is 33.2. The highest BCUT2D eigenvalue weighted by Gasteiger charge is 2.49. The summed E-state index contributed by atoms with van der Waals surface area (Å²) in [6.45, 7) is -1.07. The van der Waals surface area contributed by atoms with Crippen molar-refractivity contribution in [2.45, 2.75) is 29.0 Å². The van der Waals surface area contributed by atoms with Crippen LogP contribution in [0.1, 0.15) is 49.2 Å². The highest BCUT2D eigenvalue weighted by atomic mass is 32.2. The van der Waals surface area contributed by atoms with Gasteiger partial charge < -0.3 is 19.9 Å². The molecule has 8 nitrogen and oxygen atoms in total. The summed E-state index contributed by atoms with van der Waals surface area (Å²) in [6.07, 6.45) is -8.87. The van der Waals surface area contributed by atoms with E-state index >= 15 is 0 Å². The molecule has 0 aliphatic carbocycles. The molecule has 0 saturated heterocycles. The molecular formula is C30H22F6N2O6S. The summed E-state index contributed by atoms with van der Waals surface area (Å²) in [5.41, 5.74) is -8.04. The summed E-state index contributed by atoms with van der Waals surface area (Å²) in [4.78, 5) is 13.0. The van der Waals surface area contributed by atoms with Crippen LogP contribution in [-0.4, -0.2) is 31.1 Å². The van der Waals surface area contributed by atoms with Gasteiger partial charge in [0.1, 0.15) is 28.1 Å². The first-order valence-corrected chi connectivity index (χ1v) is 14.5. The summed E-state index contributed by atoms with van der Waals surface area (Å²) in [6, 6.07) is 13.5. The second-order valence-electron chi connectivity index (χ2n) is 9.88. The number of amides is 1. The molecule has 3 aromatic carbocycles. The number of carbonyl (C=O) groups is 1. The predicted molar refractivity (Wildman–Crippen MR) is 146 cm³/mol. The topological polar surface area (TPSA) is 141 Å². The Morgan fingerprint density at radius 1 is 0.911 bits per heavy atom. The van der Waals surface area contributed by atoms with Crippen molar-refractivity contribution < 1.29 is 54.2 Å². The van der Waals surface area contributed by atoms with Gasteiger partial charge in [-0.2, -0.15) is 31.6 Å². The maximum atomic E-state index is 14.0. The number of alkyl halides is 6. The first kappa shape index (κ1) is 33.1. The third-order valence-electron chi connectivity index (χ3n) is 6.87. The lowest BCUT2D eigenvalue weighted by Gasteiger charge is -2.37. The molecule has 0 fully saturated rings. The Morgan fingerprint density at radius 3 is 2.11 bits per heavy atom. The van der Waals surface area contributed by atoms with Crippen molar-refractivity contribution in [2.24, 2.45) is 0 Å². The predicted octanol–water partition coefficient (Wildman–Crippen LogP) is 5.87. The molecular weight excluding hydrogens is 630 g/mol. The quantitative estimate of drug-likeness (QED) is 0.192. The van der Waals surface area contributed by atoms with E-state index in [-0.39, 0.29) is 11.3 Å². The van der Waals surface area contributed by atoms with E-state index in [4.69, 9.17) is 4.42 Å². The lowest BCUT2D eigenvalue weighted by molar-refractivity contribution is -0.138. The summed E-state index contributed by atoms with van der Waals surface area (Å²) in [7, 11) is -4.86. The van der Waals surface area contributed by atoms with Crippen LogP contribution in [0.15, 0.2) is 89.5 Å². The van der Waals surface area contributed by atoms with Crippen LogP contribution in [0.4, 0.5) is 26.3 Å². The summed E-state index contributed by atoms with van der Waals surface area (Å²) in [5, 5.41) is 31.4. The Bertz CT molecular complexity index is 1830. The van der Waals surface area contributed by atoms with Crippen LogP contribution in [0, 0.1) is 11.3 Å². The number of furan rings is 1. The number of aromatic hydroxyl groups is 1. The molecule has 0 aliphatic rings. The second kappa shape index (κ2) is 12.3. The molecule has 0 spiro atoms. The molecule has 0 bridgehead atoms. The fourth-order valence-electron chi connectivity index (χ4n) is 4.78. The van der Waals surface area contributed by atoms with Crippen LogP contribution in [0.5, 0.6) is 5.75 Å². The number of sulfone groups is 1. The van der Waals surface area contributed by atoms with E-state index in [1.807, 2.05) is 0 Å². The lowest BCUT2D eigenvalue weighted by atomic mass is 9.85. The number of nitrogens with one attached hydrogen (secondary N) is 1. The van der Waals surface area contributed by atoms with E-state index in [2.05, 4.69) is 5.32 Å². The van der Waals surface area contributed by atoms with Gasteiger partial charge in [0.2, 0.25) is 0 Å². The number of hydrogen-bond donors (Lipinski definition) is 3. The number of hydrogen-bond acceptors (Lipinski definition) is 7. The number of aliphatic hydroxyl groups is 1. The zero-order valence-corrected chi connectivity index (χ0v) is 23.5. The number of halogens is 6. The van der Waals surface area contributed by atoms with Gasteiger partial charge in [-0.1, -0.05) is 30.3 Å². The number of benzene rings is 3. The van der Waals surface area contributed by atoms with Gasteiger partial charge in [0.15, 0.2) is 9.84 Å². The molecule has 0 radical (unpaired) electrons. The average Bonchev–Trinajstić information content (AvgIpc) is 3.47. The van der Waals surface area contributed by atoms with Gasteiger partial charge in [0.25, 0.3) is 5.91 Å². The van der Waals surface area contributed by atoms with Crippen molar-refractivity contribution >= 4 is 15.7 Å². The maximum Gasteiger partial charge on any atom is 0.417 e. The zero-order valence-electron chi connectivity index (χ0n) is 22.7. The Hall–Kier alpha value is -4.81. The second-order valence-corrected chi connectivity index (χ2v) is 12.0. The molecule has 0 aliphatic heterocycles. The van der Waals surface area contributed by atoms with E-state index in [1.165, 1.54) is 36.4 Å². The van der Waals surface area contributed by atoms with E-state index < -0.39 is 84.8 Å². The largest absolute Gasteiger partial charge is 0.507 e. The molecule has 15 heteroatoms. The summed E-state index contributed by atoms with van der Waals surface area (Å²) < 4.78 is 115. The normalized spacial score (nSPS) is 14.3. The van der Waals surface area contributed by atoms with Crippen LogP contribution in [0.3, 0.4) is 0 Å². The van der Waals surface area contributed by atoms with Crippen LogP contribution in [-0.2, 0) is 33.5 Å². The summed E-state index contributed by atoms with van der Waals surface area (Å²) in [5.74, 6) is -2.71. The van der Waals surface area contributed by atoms with Crippen molar-refractivity contribution in [1.29, 1.82) is 5.26 Å². The van der Waals surface area contributed by atoms with Crippen molar-refractivity contribution in [3.63, 3.8) is 0 Å². The van der Waals surface area contributed by atoms with Crippen LogP contribution in [0.25, 0.3) is 0 Å². The SMILES string of the molecule is N#Cc1ccc(C(C(O)(CNC(=O)c2ccccc2O)c2ccc(C(F)(F)F)cc2)S(=O)(=O)Cc2ccco2)cc1C(F)(F)F. The van der Waals surface area contributed by atoms with Crippen LogP contribution in [0.2, 0.25) is 0 Å². The summed E-state index contributed by atoms with van der Waals surface area (Å²) >= 11 is 0. The minimum absolute atomic E-state index is 0.183. The van der Waals surface area contributed by atoms with Gasteiger partial charge in [0, 0.05) is 0 Å². The number of para-hydroxylation sites is 1. The number of nitrogens with zero attached hydrogens (tertiary/aromatic N) is 1. The van der Waals surface area contributed by atoms with Gasteiger partial charge in [-0.25, -0.2) is 8.42 Å². The number of carbonyl (C=O) groups excluding carboxylic acids is 1. The van der Waals surface area contributed by atoms with Crippen molar-refractivity contribution in [3.05, 3.63) is 124 Å². The van der Waals surface area contributed by atoms with E-state index in [9.17, 15) is 55.0 Å². The first-order chi connectivity index (χ1) is 21.0. The molecule has 236 valence electrons. The maximum absolute atomic E-state index is 14.0. The van der Waals surface area contributed by atoms with Crippen LogP contribution < -0.4 is 5.32 Å². The number of phenols is 1. The molecule has 1 aromatic heterocycles. The van der Waals surface area contributed by atoms with Gasteiger partial charge in [-0.05, 0) is 59.7 Å². The molecule has 3 N–H and O–H groups in total. The Morgan fingerprint density at radius 2 is 1.56 bits per heavy atom. The average molecular weight is 653 g/mol. The van der Waals surface area contributed by atoms with E-state index in [0.717, 1.165) is 30.5 Å². The highest BCUT2D eigenvalue weighted by Crippen LogP contribution is 2.45. The number of rotatable bonds is 9. The van der Waals surface area contributed by atoms with Crippen molar-refractivity contribution in [3.8, 4) is 11.8 Å². The standard InChI is InChI=1S/C30H22F6N2O6S/c31-29(32,33)21-11-9-20(10-12-21)28(41,17-38-27(40)23-5-1-2-6-25(23)39)26(45(42,43)16-22-4-3-13-44-22)18-7-8-19(15-37)24(14-18)30(34,35)36/h1-14,26,39,41H,16-17H2,(H,38,40). The van der Waals surface area contributed by atoms with Gasteiger partial charge in [-0.15, -0.1) is 0 Å². The van der Waals surface area contributed by atoms with Gasteiger partial charge in [0.05, 0.1) is 41.1 Å². The van der Waals surface area contributed by atoms with E-state index in [1.54, 1.807) is 0 Å². The van der Waals surface area contributed by atoms with Crippen LogP contribution >= 0.6 is 0 Å². The highest BCUT2D eigenvalue weighted by molar-refractivity contribution is 7.90. The smallest absolute Gasteiger partial charge is 0.417 e. The molecule has 2 unspecified atom stereocenters. The minimum atomic E-state index is -5.15. The molecule has 4 aromatic rings. The Labute approximate surface area is 252 Å². The monoisotopic (exact) mass is 652 g/mol. The van der Waals surface area contributed by atoms with E-state index in [0.29, 0.717) is 24.3 Å². The molecule has 2 atom stereocenters. The Kier molecular flexibility index (Phi) is 9.04. The Balaban J connectivity index is 1.96. The number of phenolic OH excluding ortho intramolecular Hbond substituents is 1. The molecule has 1 amide bonds. The first-order valence-electron chi connectivity index (χ1n) is 12.8. The molecule has 45 heavy (non-hydrogen) atoms. The third kappa shape index (κ3) is 7.13. The number of nitriles is 1. The molecule has 4 rings (SSSR count). The third-order valence-corrected chi connectivity index (χ3v) is 8.94. The molecule has 0 saturated carbocycles.